The zero-order valence-corrected chi connectivity index (χ0v) is 13.7. The molecule has 0 aliphatic rings. The minimum absolute atomic E-state index is 0.0658. The first kappa shape index (κ1) is 17.4. The van der Waals surface area contributed by atoms with Gasteiger partial charge >= 0.3 is 12.1 Å². The van der Waals surface area contributed by atoms with E-state index in [4.69, 9.17) is 11.6 Å². The second-order valence-corrected chi connectivity index (χ2v) is 7.20. The van der Waals surface area contributed by atoms with Gasteiger partial charge in [-0.1, -0.05) is 28.9 Å². The van der Waals surface area contributed by atoms with Crippen molar-refractivity contribution in [3.63, 3.8) is 0 Å². The van der Waals surface area contributed by atoms with Crippen molar-refractivity contribution in [3.05, 3.63) is 59.4 Å². The summed E-state index contributed by atoms with van der Waals surface area (Å²) in [6.45, 7) is 0. The number of nitrogens with zero attached hydrogens (tertiary/aromatic N) is 2. The third-order valence-corrected chi connectivity index (χ3v) is 5.49. The van der Waals surface area contributed by atoms with Gasteiger partial charge in [-0.25, -0.2) is 8.42 Å². The first-order valence-electron chi connectivity index (χ1n) is 6.70. The van der Waals surface area contributed by atoms with E-state index in [0.717, 1.165) is 0 Å². The van der Waals surface area contributed by atoms with Gasteiger partial charge in [0.1, 0.15) is 0 Å². The van der Waals surface area contributed by atoms with Crippen LogP contribution in [0.3, 0.4) is 0 Å². The molecule has 25 heavy (non-hydrogen) atoms. The molecule has 3 rings (SSSR count). The van der Waals surface area contributed by atoms with Crippen molar-refractivity contribution in [3.8, 4) is 11.4 Å². The molecule has 0 amide bonds. The molecule has 0 unspecified atom stereocenters. The van der Waals surface area contributed by atoms with Crippen LogP contribution in [0, 0.1) is 0 Å². The van der Waals surface area contributed by atoms with Gasteiger partial charge in [0.25, 0.3) is 0 Å². The molecule has 0 fully saturated rings. The van der Waals surface area contributed by atoms with Gasteiger partial charge in [0.05, 0.1) is 14.8 Å². The van der Waals surface area contributed by atoms with E-state index in [9.17, 15) is 21.6 Å². The van der Waals surface area contributed by atoms with E-state index in [1.54, 1.807) is 6.07 Å². The lowest BCUT2D eigenvalue weighted by Gasteiger charge is -2.06. The van der Waals surface area contributed by atoms with Crippen molar-refractivity contribution in [2.75, 3.05) is 0 Å². The Labute approximate surface area is 145 Å². The molecule has 1 aromatic heterocycles. The predicted octanol–water partition coefficient (Wildman–Crippen LogP) is 4.24. The van der Waals surface area contributed by atoms with Crippen molar-refractivity contribution in [2.24, 2.45) is 0 Å². The highest BCUT2D eigenvalue weighted by Gasteiger charge is 2.38. The molecule has 0 saturated heterocycles. The topological polar surface area (TPSA) is 73.1 Å². The van der Waals surface area contributed by atoms with Gasteiger partial charge in [0.15, 0.2) is 0 Å². The van der Waals surface area contributed by atoms with Crippen LogP contribution in [-0.2, 0) is 16.0 Å². The van der Waals surface area contributed by atoms with Gasteiger partial charge in [-0.15, -0.1) is 0 Å². The highest BCUT2D eigenvalue weighted by atomic mass is 35.5. The molecular weight excluding hydrogens is 381 g/mol. The fraction of sp³-hybridized carbons (Fsp3) is 0.0667. The molecule has 10 heteroatoms. The highest BCUT2D eigenvalue weighted by Crippen LogP contribution is 2.31. The van der Waals surface area contributed by atoms with E-state index in [0.29, 0.717) is 0 Å². The molecule has 0 aliphatic heterocycles. The van der Waals surface area contributed by atoms with Crippen LogP contribution >= 0.6 is 11.6 Å². The molecule has 0 radical (unpaired) electrons. The summed E-state index contributed by atoms with van der Waals surface area (Å²) in [6, 6.07) is 11.0. The van der Waals surface area contributed by atoms with Crippen LogP contribution in [0.5, 0.6) is 0 Å². The summed E-state index contributed by atoms with van der Waals surface area (Å²) >= 11 is 5.91. The second kappa shape index (κ2) is 6.16. The van der Waals surface area contributed by atoms with Crippen molar-refractivity contribution in [2.45, 2.75) is 16.0 Å². The highest BCUT2D eigenvalue weighted by molar-refractivity contribution is 7.91. The van der Waals surface area contributed by atoms with Crippen LogP contribution in [0.1, 0.15) is 5.89 Å². The maximum absolute atomic E-state index is 12.6. The van der Waals surface area contributed by atoms with Gasteiger partial charge in [-0.3, -0.25) is 0 Å². The quantitative estimate of drug-likeness (QED) is 0.671. The Kier molecular flexibility index (Phi) is 4.29. The number of hydrogen-bond donors (Lipinski definition) is 0. The third-order valence-electron chi connectivity index (χ3n) is 3.22. The zero-order valence-electron chi connectivity index (χ0n) is 12.2. The molecule has 2 aromatic carbocycles. The van der Waals surface area contributed by atoms with E-state index in [2.05, 4.69) is 14.7 Å². The maximum Gasteiger partial charge on any atom is 0.471 e. The largest absolute Gasteiger partial charge is 0.471 e. The van der Waals surface area contributed by atoms with Crippen LogP contribution in [0.25, 0.3) is 11.4 Å². The fourth-order valence-corrected chi connectivity index (χ4v) is 3.80. The van der Waals surface area contributed by atoms with Crippen LogP contribution in [-0.4, -0.2) is 18.6 Å². The summed E-state index contributed by atoms with van der Waals surface area (Å²) in [5, 5.41) is 3.31. The van der Waals surface area contributed by atoms with Gasteiger partial charge < -0.3 is 4.52 Å². The minimum atomic E-state index is -4.75. The molecule has 1 heterocycles. The van der Waals surface area contributed by atoms with Crippen molar-refractivity contribution in [1.82, 2.24) is 10.1 Å². The minimum Gasteiger partial charge on any atom is -0.329 e. The first-order chi connectivity index (χ1) is 11.7. The van der Waals surface area contributed by atoms with Crippen LogP contribution < -0.4 is 0 Å². The van der Waals surface area contributed by atoms with Crippen LogP contribution in [0.4, 0.5) is 13.2 Å². The summed E-state index contributed by atoms with van der Waals surface area (Å²) in [5.74, 6) is -1.77. The van der Waals surface area contributed by atoms with E-state index in [1.807, 2.05) is 0 Å². The van der Waals surface area contributed by atoms with Crippen molar-refractivity contribution >= 4 is 21.4 Å². The van der Waals surface area contributed by atoms with Crippen molar-refractivity contribution in [1.29, 1.82) is 0 Å². The number of rotatable bonds is 3. The maximum atomic E-state index is 12.6. The molecule has 0 atom stereocenters. The predicted molar refractivity (Wildman–Crippen MR) is 81.6 cm³/mol. The smallest absolute Gasteiger partial charge is 0.329 e. The van der Waals surface area contributed by atoms with Crippen molar-refractivity contribution < 1.29 is 26.1 Å². The number of halogens is 4. The van der Waals surface area contributed by atoms with Gasteiger partial charge in [0.2, 0.25) is 15.7 Å². The number of hydrogen-bond acceptors (Lipinski definition) is 5. The first-order valence-corrected chi connectivity index (χ1v) is 8.56. The Morgan fingerprint density at radius 1 is 1.00 bits per heavy atom. The Bertz CT molecular complexity index is 1020. The molecular formula is C15H8ClF3N2O3S. The number of aromatic nitrogens is 2. The third kappa shape index (κ3) is 3.38. The SMILES string of the molecule is O=S(=O)(c1ccc(-c2noc(C(F)(F)F)n2)cc1)c1ccccc1Cl. The molecule has 0 bridgehead atoms. The average Bonchev–Trinajstić information content (AvgIpc) is 3.05. The number of alkyl halides is 3. The van der Waals surface area contributed by atoms with Gasteiger partial charge in [-0.2, -0.15) is 18.2 Å². The second-order valence-electron chi connectivity index (χ2n) is 4.88. The monoisotopic (exact) mass is 388 g/mol. The van der Waals surface area contributed by atoms with E-state index >= 15 is 0 Å². The number of benzene rings is 2. The summed E-state index contributed by atoms with van der Waals surface area (Å²) < 4.78 is 66.7. The zero-order chi connectivity index (χ0) is 18.2. The average molecular weight is 389 g/mol. The normalized spacial score (nSPS) is 12.3. The molecule has 0 saturated carbocycles. The Balaban J connectivity index is 1.95. The lowest BCUT2D eigenvalue weighted by atomic mass is 10.2. The summed E-state index contributed by atoms with van der Waals surface area (Å²) in [6.07, 6.45) is -4.75. The summed E-state index contributed by atoms with van der Waals surface area (Å²) in [7, 11) is -3.86. The Hall–Kier alpha value is -2.39. The Morgan fingerprint density at radius 3 is 2.20 bits per heavy atom. The van der Waals surface area contributed by atoms with Gasteiger partial charge in [0, 0.05) is 5.56 Å². The Morgan fingerprint density at radius 2 is 1.64 bits per heavy atom. The standard InChI is InChI=1S/C15H8ClF3N2O3S/c16-11-3-1-2-4-12(11)25(22,23)10-7-5-9(6-8-10)13-20-14(24-21-13)15(17,18)19/h1-8H. The molecule has 5 nitrogen and oxygen atoms in total. The molecule has 0 aliphatic carbocycles. The van der Waals surface area contributed by atoms with Crippen LogP contribution in [0.2, 0.25) is 5.02 Å². The molecule has 0 spiro atoms. The van der Waals surface area contributed by atoms with E-state index in [-0.39, 0.29) is 26.2 Å². The summed E-state index contributed by atoms with van der Waals surface area (Å²) in [5.41, 5.74) is 0.178. The summed E-state index contributed by atoms with van der Waals surface area (Å²) in [4.78, 5) is 3.11. The van der Waals surface area contributed by atoms with E-state index in [1.165, 1.54) is 42.5 Å². The van der Waals surface area contributed by atoms with Crippen LogP contribution in [0.15, 0.2) is 62.8 Å². The molecule has 3 aromatic rings. The van der Waals surface area contributed by atoms with Gasteiger partial charge in [-0.05, 0) is 36.4 Å². The molecule has 130 valence electrons. The number of sulfone groups is 1. The lowest BCUT2D eigenvalue weighted by Crippen LogP contribution is -2.05. The lowest BCUT2D eigenvalue weighted by molar-refractivity contribution is -0.159. The fourth-order valence-electron chi connectivity index (χ4n) is 2.03. The molecule has 0 N–H and O–H groups in total. The van der Waals surface area contributed by atoms with E-state index < -0.39 is 21.9 Å².